The van der Waals surface area contributed by atoms with Gasteiger partial charge in [-0.25, -0.2) is 13.8 Å². The number of amides is 1. The number of benzene rings is 4. The highest BCUT2D eigenvalue weighted by Crippen LogP contribution is 2.34. The first-order valence-corrected chi connectivity index (χ1v) is 15.5. The maximum Gasteiger partial charge on any atom is 0.258 e. The third-order valence-electron chi connectivity index (χ3n) is 6.45. The number of carbonyl (C=O) groups is 1. The predicted octanol–water partition coefficient (Wildman–Crippen LogP) is 5.79. The van der Waals surface area contributed by atoms with E-state index < -0.39 is 22.0 Å². The molecule has 0 aliphatic carbocycles. The highest BCUT2D eigenvalue weighted by atomic mass is 127. The van der Waals surface area contributed by atoms with Gasteiger partial charge in [0, 0.05) is 0 Å². The molecule has 4 aromatic rings. The van der Waals surface area contributed by atoms with Crippen LogP contribution in [0.3, 0.4) is 0 Å². The summed E-state index contributed by atoms with van der Waals surface area (Å²) in [7, 11) is -2.33. The molecule has 8 nitrogen and oxygen atoms in total. The van der Waals surface area contributed by atoms with E-state index in [1.54, 1.807) is 39.2 Å². The molecular weight excluding hydrogens is 653 g/mol. The van der Waals surface area contributed by atoms with E-state index in [0.29, 0.717) is 23.7 Å². The van der Waals surface area contributed by atoms with E-state index in [9.17, 15) is 13.2 Å². The zero-order valence-corrected chi connectivity index (χ0v) is 26.2. The van der Waals surface area contributed by atoms with Crippen molar-refractivity contribution in [2.75, 3.05) is 7.11 Å². The van der Waals surface area contributed by atoms with Crippen LogP contribution in [0.15, 0.2) is 88.9 Å². The summed E-state index contributed by atoms with van der Waals surface area (Å²) >= 11 is 2.17. The number of carbonyl (C=O) groups excluding carboxylic acids is 1. The van der Waals surface area contributed by atoms with Crippen molar-refractivity contribution >= 4 is 55.5 Å². The van der Waals surface area contributed by atoms with Crippen molar-refractivity contribution in [3.8, 4) is 11.5 Å². The Morgan fingerprint density at radius 1 is 1.02 bits per heavy atom. The smallest absolute Gasteiger partial charge is 0.258 e. The molecule has 0 spiro atoms. The number of hydrogen-bond donors (Lipinski definition) is 2. The van der Waals surface area contributed by atoms with Crippen LogP contribution < -0.4 is 19.6 Å². The quantitative estimate of drug-likeness (QED) is 0.118. The minimum absolute atomic E-state index is 0.0921. The van der Waals surface area contributed by atoms with Crippen LogP contribution in [-0.2, 0) is 21.4 Å². The second kappa shape index (κ2) is 13.5. The van der Waals surface area contributed by atoms with Gasteiger partial charge in [-0.05, 0) is 81.6 Å². The van der Waals surface area contributed by atoms with Gasteiger partial charge in [-0.1, -0.05) is 74.0 Å². The SMILES string of the molecule is COc1cc(/C=N\NC(=O)[C@H](NS(=O)(=O)c2ccc(C)cc2)C(C)C)cc(I)c1OCc1cccc2ccccc12. The van der Waals surface area contributed by atoms with Gasteiger partial charge in [0.15, 0.2) is 11.5 Å². The molecule has 0 aliphatic heterocycles. The van der Waals surface area contributed by atoms with Crippen molar-refractivity contribution in [3.63, 3.8) is 0 Å². The number of hydrazone groups is 1. The Morgan fingerprint density at radius 2 is 1.73 bits per heavy atom. The Balaban J connectivity index is 1.44. The van der Waals surface area contributed by atoms with Gasteiger partial charge in [-0.15, -0.1) is 0 Å². The lowest BCUT2D eigenvalue weighted by Crippen LogP contribution is -2.48. The molecule has 0 saturated carbocycles. The second-order valence-corrected chi connectivity index (χ2v) is 12.7. The van der Waals surface area contributed by atoms with Gasteiger partial charge in [-0.2, -0.15) is 9.82 Å². The maximum absolute atomic E-state index is 12.9. The molecule has 4 aromatic carbocycles. The summed E-state index contributed by atoms with van der Waals surface area (Å²) in [4.78, 5) is 13.0. The molecule has 0 heterocycles. The van der Waals surface area contributed by atoms with Crippen LogP contribution in [0.5, 0.6) is 11.5 Å². The fourth-order valence-corrected chi connectivity index (χ4v) is 6.33. The molecule has 0 saturated heterocycles. The zero-order valence-electron chi connectivity index (χ0n) is 23.2. The second-order valence-electron chi connectivity index (χ2n) is 9.85. The summed E-state index contributed by atoms with van der Waals surface area (Å²) in [5.74, 6) is 0.247. The lowest BCUT2D eigenvalue weighted by molar-refractivity contribution is -0.123. The standard InChI is InChI=1S/C31H32IN3O5S/c1-20(2)29(35-41(37,38)25-14-12-21(3)13-15-25)31(36)34-33-18-22-16-27(32)30(28(17-22)39-4)40-19-24-10-7-9-23-8-5-6-11-26(23)24/h5-18,20,29,35H,19H2,1-4H3,(H,34,36)/b33-18-/t29-/m1/s1. The van der Waals surface area contributed by atoms with E-state index in [1.165, 1.54) is 18.3 Å². The van der Waals surface area contributed by atoms with Gasteiger partial charge in [0.1, 0.15) is 12.6 Å². The molecule has 2 N–H and O–H groups in total. The summed E-state index contributed by atoms with van der Waals surface area (Å²) in [6, 6.07) is 23.3. The molecule has 0 fully saturated rings. The first-order valence-electron chi connectivity index (χ1n) is 13.0. The van der Waals surface area contributed by atoms with E-state index in [4.69, 9.17) is 9.47 Å². The Kier molecular flexibility index (Phi) is 10.0. The normalized spacial score (nSPS) is 12.5. The fourth-order valence-electron chi connectivity index (χ4n) is 4.21. The van der Waals surface area contributed by atoms with Crippen LogP contribution in [-0.4, -0.2) is 33.7 Å². The zero-order chi connectivity index (χ0) is 29.6. The minimum Gasteiger partial charge on any atom is -0.493 e. The molecule has 214 valence electrons. The highest BCUT2D eigenvalue weighted by Gasteiger charge is 2.28. The number of nitrogens with zero attached hydrogens (tertiary/aromatic N) is 1. The summed E-state index contributed by atoms with van der Waals surface area (Å²) in [5.41, 5.74) is 5.13. The number of nitrogens with one attached hydrogen (secondary N) is 2. The highest BCUT2D eigenvalue weighted by molar-refractivity contribution is 14.1. The molecular formula is C31H32IN3O5S. The van der Waals surface area contributed by atoms with Gasteiger partial charge >= 0.3 is 0 Å². The van der Waals surface area contributed by atoms with Crippen LogP contribution >= 0.6 is 22.6 Å². The number of methoxy groups -OCH3 is 1. The van der Waals surface area contributed by atoms with Crippen molar-refractivity contribution < 1.29 is 22.7 Å². The van der Waals surface area contributed by atoms with E-state index in [1.807, 2.05) is 37.3 Å². The summed E-state index contributed by atoms with van der Waals surface area (Å²) < 4.78 is 40.8. The van der Waals surface area contributed by atoms with Crippen molar-refractivity contribution in [1.29, 1.82) is 0 Å². The molecule has 0 aliphatic rings. The van der Waals surface area contributed by atoms with E-state index >= 15 is 0 Å². The summed E-state index contributed by atoms with van der Waals surface area (Å²) in [6.07, 6.45) is 1.48. The topological polar surface area (TPSA) is 106 Å². The van der Waals surface area contributed by atoms with E-state index in [0.717, 1.165) is 25.5 Å². The fraction of sp³-hybridized carbons (Fsp3) is 0.226. The molecule has 1 amide bonds. The largest absolute Gasteiger partial charge is 0.493 e. The first kappa shape index (κ1) is 30.5. The number of aryl methyl sites for hydroxylation is 1. The van der Waals surface area contributed by atoms with Crippen LogP contribution in [0.4, 0.5) is 0 Å². The molecule has 10 heteroatoms. The third kappa shape index (κ3) is 7.63. The molecule has 4 rings (SSSR count). The van der Waals surface area contributed by atoms with Gasteiger partial charge in [-0.3, -0.25) is 4.79 Å². The lowest BCUT2D eigenvalue weighted by atomic mass is 10.1. The van der Waals surface area contributed by atoms with Crippen LogP contribution in [0.1, 0.15) is 30.5 Å². The van der Waals surface area contributed by atoms with Crippen molar-refractivity contribution in [1.82, 2.24) is 10.1 Å². The Hall–Kier alpha value is -3.48. The van der Waals surface area contributed by atoms with E-state index in [2.05, 4.69) is 56.0 Å². The number of sulfonamides is 1. The number of fused-ring (bicyclic) bond motifs is 1. The molecule has 0 bridgehead atoms. The lowest BCUT2D eigenvalue weighted by Gasteiger charge is -2.20. The van der Waals surface area contributed by atoms with Crippen molar-refractivity contribution in [2.45, 2.75) is 38.3 Å². The van der Waals surface area contributed by atoms with Crippen molar-refractivity contribution in [3.05, 3.63) is 99.1 Å². The van der Waals surface area contributed by atoms with Crippen LogP contribution in [0.25, 0.3) is 10.8 Å². The summed E-state index contributed by atoms with van der Waals surface area (Å²) in [6.45, 7) is 5.76. The number of hydrogen-bond acceptors (Lipinski definition) is 6. The predicted molar refractivity (Wildman–Crippen MR) is 170 cm³/mol. The molecule has 1 atom stereocenters. The maximum atomic E-state index is 12.9. The monoisotopic (exact) mass is 685 g/mol. The Bertz CT molecular complexity index is 1670. The molecule has 0 aromatic heterocycles. The van der Waals surface area contributed by atoms with Gasteiger partial charge in [0.25, 0.3) is 5.91 Å². The van der Waals surface area contributed by atoms with Gasteiger partial charge < -0.3 is 9.47 Å². The molecule has 0 radical (unpaired) electrons. The average molecular weight is 686 g/mol. The number of ether oxygens (including phenoxy) is 2. The molecule has 0 unspecified atom stereocenters. The Labute approximate surface area is 254 Å². The minimum atomic E-state index is -3.89. The van der Waals surface area contributed by atoms with Crippen molar-refractivity contribution in [2.24, 2.45) is 11.0 Å². The Morgan fingerprint density at radius 3 is 2.44 bits per heavy atom. The van der Waals surface area contributed by atoms with Gasteiger partial charge in [0.05, 0.1) is 21.8 Å². The third-order valence-corrected chi connectivity index (χ3v) is 8.71. The van der Waals surface area contributed by atoms with Crippen LogP contribution in [0.2, 0.25) is 0 Å². The average Bonchev–Trinajstić information content (AvgIpc) is 2.95. The number of halogens is 1. The molecule has 41 heavy (non-hydrogen) atoms. The number of rotatable bonds is 11. The van der Waals surface area contributed by atoms with Gasteiger partial charge in [0.2, 0.25) is 10.0 Å². The summed E-state index contributed by atoms with van der Waals surface area (Å²) in [5, 5.41) is 6.35. The van der Waals surface area contributed by atoms with Crippen LogP contribution in [0, 0.1) is 16.4 Å². The van der Waals surface area contributed by atoms with E-state index in [-0.39, 0.29) is 10.8 Å². The first-order chi connectivity index (χ1) is 19.6.